The number of nitrogens with zero attached hydrogens (tertiary/aromatic N) is 1. The molecule has 1 aromatic rings. The molecule has 0 fully saturated rings. The molecule has 0 spiro atoms. The van der Waals surface area contributed by atoms with E-state index in [1.54, 1.807) is 24.5 Å². The highest BCUT2D eigenvalue weighted by atomic mass is 19.4. The second kappa shape index (κ2) is 6.66. The SMILES string of the molecule is CN(CCNCc1ccoc1)CCC(F)(F)F. The minimum atomic E-state index is -4.07. The number of furan rings is 1. The van der Waals surface area contributed by atoms with Crippen LogP contribution >= 0.6 is 0 Å². The third-order valence-electron chi connectivity index (χ3n) is 2.36. The molecule has 0 aliphatic heterocycles. The van der Waals surface area contributed by atoms with Crippen LogP contribution in [0.1, 0.15) is 12.0 Å². The number of hydrogen-bond acceptors (Lipinski definition) is 3. The lowest BCUT2D eigenvalue weighted by atomic mass is 10.3. The van der Waals surface area contributed by atoms with E-state index in [0.29, 0.717) is 19.6 Å². The fourth-order valence-electron chi connectivity index (χ4n) is 1.33. The summed E-state index contributed by atoms with van der Waals surface area (Å²) >= 11 is 0. The zero-order valence-electron chi connectivity index (χ0n) is 9.76. The molecule has 3 nitrogen and oxygen atoms in total. The quantitative estimate of drug-likeness (QED) is 0.752. The Morgan fingerprint density at radius 2 is 2.12 bits per heavy atom. The van der Waals surface area contributed by atoms with Crippen LogP contribution in [0.3, 0.4) is 0 Å². The summed E-state index contributed by atoms with van der Waals surface area (Å²) in [5.74, 6) is 0. The first-order chi connectivity index (χ1) is 7.97. The standard InChI is InChI=1S/C11H17F3N2O/c1-16(5-3-11(12,13)14)6-4-15-8-10-2-7-17-9-10/h2,7,9,15H,3-6,8H2,1H3. The second-order valence-corrected chi connectivity index (χ2v) is 3.98. The lowest BCUT2D eigenvalue weighted by molar-refractivity contribution is -0.137. The third kappa shape index (κ3) is 7.01. The van der Waals surface area contributed by atoms with Crippen LogP contribution < -0.4 is 5.32 Å². The highest BCUT2D eigenvalue weighted by Gasteiger charge is 2.26. The first-order valence-electron chi connectivity index (χ1n) is 5.44. The lowest BCUT2D eigenvalue weighted by Gasteiger charge is -2.17. The van der Waals surface area contributed by atoms with E-state index in [1.165, 1.54) is 0 Å². The molecule has 0 bridgehead atoms. The number of nitrogens with one attached hydrogen (secondary N) is 1. The summed E-state index contributed by atoms with van der Waals surface area (Å²) in [5.41, 5.74) is 1.03. The number of rotatable bonds is 7. The van der Waals surface area contributed by atoms with Gasteiger partial charge in [0.2, 0.25) is 0 Å². The zero-order valence-corrected chi connectivity index (χ0v) is 9.76. The summed E-state index contributed by atoms with van der Waals surface area (Å²) in [4.78, 5) is 1.66. The Hall–Kier alpha value is -1.01. The highest BCUT2D eigenvalue weighted by molar-refractivity contribution is 5.04. The van der Waals surface area contributed by atoms with Crippen LogP contribution in [-0.4, -0.2) is 37.8 Å². The molecule has 0 saturated carbocycles. The highest BCUT2D eigenvalue weighted by Crippen LogP contribution is 2.19. The van der Waals surface area contributed by atoms with Gasteiger partial charge < -0.3 is 14.6 Å². The van der Waals surface area contributed by atoms with Crippen LogP contribution in [0.5, 0.6) is 0 Å². The van der Waals surface area contributed by atoms with Crippen LogP contribution in [0.15, 0.2) is 23.0 Å². The van der Waals surface area contributed by atoms with Gasteiger partial charge in [-0.25, -0.2) is 0 Å². The number of hydrogen-bond donors (Lipinski definition) is 1. The van der Waals surface area contributed by atoms with Gasteiger partial charge in [0, 0.05) is 31.7 Å². The van der Waals surface area contributed by atoms with Crippen molar-refractivity contribution in [1.29, 1.82) is 0 Å². The molecule has 0 amide bonds. The molecule has 0 aromatic carbocycles. The number of likely N-dealkylation sites (N-methyl/N-ethyl adjacent to an activating group) is 1. The third-order valence-corrected chi connectivity index (χ3v) is 2.36. The van der Waals surface area contributed by atoms with Crippen molar-refractivity contribution in [3.8, 4) is 0 Å². The molecule has 1 aromatic heterocycles. The summed E-state index contributed by atoms with van der Waals surface area (Å²) < 4.78 is 40.7. The van der Waals surface area contributed by atoms with E-state index in [0.717, 1.165) is 5.56 Å². The van der Waals surface area contributed by atoms with Gasteiger partial charge in [0.25, 0.3) is 0 Å². The molecule has 98 valence electrons. The minimum Gasteiger partial charge on any atom is -0.472 e. The van der Waals surface area contributed by atoms with E-state index in [-0.39, 0.29) is 6.54 Å². The van der Waals surface area contributed by atoms with Gasteiger partial charge in [-0.3, -0.25) is 0 Å². The van der Waals surface area contributed by atoms with Crippen LogP contribution in [-0.2, 0) is 6.54 Å². The fraction of sp³-hybridized carbons (Fsp3) is 0.636. The Kier molecular flexibility index (Phi) is 5.50. The van der Waals surface area contributed by atoms with Crippen molar-refractivity contribution in [3.63, 3.8) is 0 Å². The second-order valence-electron chi connectivity index (χ2n) is 3.98. The summed E-state index contributed by atoms with van der Waals surface area (Å²) in [6, 6.07) is 1.85. The van der Waals surface area contributed by atoms with E-state index in [1.807, 2.05) is 6.07 Å². The van der Waals surface area contributed by atoms with E-state index in [4.69, 9.17) is 4.42 Å². The first-order valence-corrected chi connectivity index (χ1v) is 5.44. The Morgan fingerprint density at radius 3 is 2.71 bits per heavy atom. The van der Waals surface area contributed by atoms with Crippen molar-refractivity contribution in [2.24, 2.45) is 0 Å². The topological polar surface area (TPSA) is 28.4 Å². The van der Waals surface area contributed by atoms with Gasteiger partial charge in [-0.15, -0.1) is 0 Å². The van der Waals surface area contributed by atoms with Crippen LogP contribution in [0.2, 0.25) is 0 Å². The number of alkyl halides is 3. The molecule has 0 aliphatic rings. The molecule has 6 heteroatoms. The molecule has 1 heterocycles. The molecule has 0 saturated heterocycles. The maximum Gasteiger partial charge on any atom is 0.390 e. The van der Waals surface area contributed by atoms with E-state index >= 15 is 0 Å². The predicted molar refractivity (Wildman–Crippen MR) is 58.6 cm³/mol. The van der Waals surface area contributed by atoms with Crippen LogP contribution in [0.25, 0.3) is 0 Å². The van der Waals surface area contributed by atoms with Crippen molar-refractivity contribution in [3.05, 3.63) is 24.2 Å². The average Bonchev–Trinajstić information content (AvgIpc) is 2.73. The Morgan fingerprint density at radius 1 is 1.35 bits per heavy atom. The van der Waals surface area contributed by atoms with E-state index < -0.39 is 12.6 Å². The molecule has 0 atom stereocenters. The maximum atomic E-state index is 11.9. The summed E-state index contributed by atoms with van der Waals surface area (Å²) in [6.45, 7) is 1.95. The molecule has 1 rings (SSSR count). The molecule has 0 unspecified atom stereocenters. The summed E-state index contributed by atoms with van der Waals surface area (Å²) in [5, 5.41) is 3.13. The Bertz CT molecular complexity index is 298. The van der Waals surface area contributed by atoms with Gasteiger partial charge in [0.15, 0.2) is 0 Å². The maximum absolute atomic E-state index is 11.9. The Balaban J connectivity index is 2.02. The van der Waals surface area contributed by atoms with E-state index in [2.05, 4.69) is 5.32 Å². The predicted octanol–water partition coefficient (Wildman–Crippen LogP) is 2.25. The Labute approximate surface area is 98.6 Å². The number of halogens is 3. The van der Waals surface area contributed by atoms with Crippen LogP contribution in [0, 0.1) is 0 Å². The van der Waals surface area contributed by atoms with Gasteiger partial charge in [-0.05, 0) is 13.1 Å². The molecular weight excluding hydrogens is 233 g/mol. The summed E-state index contributed by atoms with van der Waals surface area (Å²) in [7, 11) is 1.69. The monoisotopic (exact) mass is 250 g/mol. The van der Waals surface area contributed by atoms with Crippen molar-refractivity contribution in [2.75, 3.05) is 26.7 Å². The molecule has 0 aliphatic carbocycles. The zero-order chi connectivity index (χ0) is 12.7. The van der Waals surface area contributed by atoms with Crippen LogP contribution in [0.4, 0.5) is 13.2 Å². The van der Waals surface area contributed by atoms with Gasteiger partial charge in [-0.2, -0.15) is 13.2 Å². The minimum absolute atomic E-state index is 0.0386. The average molecular weight is 250 g/mol. The molecule has 0 radical (unpaired) electrons. The largest absolute Gasteiger partial charge is 0.472 e. The van der Waals surface area contributed by atoms with Gasteiger partial charge in [0.05, 0.1) is 18.9 Å². The van der Waals surface area contributed by atoms with Crippen molar-refractivity contribution >= 4 is 0 Å². The smallest absolute Gasteiger partial charge is 0.390 e. The fourth-order valence-corrected chi connectivity index (χ4v) is 1.33. The summed E-state index contributed by atoms with van der Waals surface area (Å²) in [6.07, 6.45) is -1.60. The van der Waals surface area contributed by atoms with Gasteiger partial charge in [-0.1, -0.05) is 0 Å². The van der Waals surface area contributed by atoms with Crippen molar-refractivity contribution in [2.45, 2.75) is 19.1 Å². The van der Waals surface area contributed by atoms with E-state index in [9.17, 15) is 13.2 Å². The lowest BCUT2D eigenvalue weighted by Crippen LogP contribution is -2.31. The normalized spacial score (nSPS) is 12.3. The molecule has 17 heavy (non-hydrogen) atoms. The van der Waals surface area contributed by atoms with Crippen molar-refractivity contribution in [1.82, 2.24) is 10.2 Å². The molecular formula is C11H17F3N2O. The molecule has 1 N–H and O–H groups in total. The first kappa shape index (κ1) is 14.1. The van der Waals surface area contributed by atoms with Gasteiger partial charge in [0.1, 0.15) is 0 Å². The van der Waals surface area contributed by atoms with Crippen molar-refractivity contribution < 1.29 is 17.6 Å². The van der Waals surface area contributed by atoms with Gasteiger partial charge >= 0.3 is 6.18 Å².